The lowest BCUT2D eigenvalue weighted by atomic mass is 9.80. The van der Waals surface area contributed by atoms with Gasteiger partial charge < -0.3 is 28.3 Å². The molecule has 7 heterocycles. The van der Waals surface area contributed by atoms with Crippen LogP contribution >= 0.6 is 15.9 Å². The molecule has 398 valence electrons. The Morgan fingerprint density at radius 2 is 1.00 bits per heavy atom. The molecule has 14 nitrogen and oxygen atoms in total. The summed E-state index contributed by atoms with van der Waals surface area (Å²) < 4.78 is 192. The van der Waals surface area contributed by atoms with Gasteiger partial charge in [0.2, 0.25) is 11.6 Å². The van der Waals surface area contributed by atoms with Crippen molar-refractivity contribution in [2.24, 2.45) is 0 Å². The van der Waals surface area contributed by atoms with E-state index >= 15 is 0 Å². The molecular formula is C44H52BBrF12N8O6. The Labute approximate surface area is 415 Å². The van der Waals surface area contributed by atoms with E-state index in [0.717, 1.165) is 36.6 Å². The van der Waals surface area contributed by atoms with E-state index in [4.69, 9.17) is 9.31 Å². The van der Waals surface area contributed by atoms with E-state index in [-0.39, 0.29) is 37.1 Å². The molecule has 6 aromatic heterocycles. The van der Waals surface area contributed by atoms with Crippen LogP contribution in [-0.4, -0.2) is 94.3 Å². The number of hydrogen-bond acceptors (Lipinski definition) is 12. The van der Waals surface area contributed by atoms with Crippen LogP contribution < -0.4 is 14.9 Å². The van der Waals surface area contributed by atoms with Crippen LogP contribution in [0.2, 0.25) is 0 Å². The molecule has 2 atom stereocenters. The van der Waals surface area contributed by atoms with Gasteiger partial charge in [-0.2, -0.15) is 43.9 Å². The van der Waals surface area contributed by atoms with Gasteiger partial charge in [0.15, 0.2) is 35.1 Å². The Hall–Kier alpha value is -5.32. The van der Waals surface area contributed by atoms with Crippen LogP contribution in [0.3, 0.4) is 0 Å². The predicted molar refractivity (Wildman–Crippen MR) is 243 cm³/mol. The summed E-state index contributed by atoms with van der Waals surface area (Å²) in [5.41, 5.74) is -0.168. The number of ether oxygens (including phenoxy) is 4. The first-order valence-electron chi connectivity index (χ1n) is 20.7. The molecule has 72 heavy (non-hydrogen) atoms. The molecule has 0 unspecified atom stereocenters. The van der Waals surface area contributed by atoms with Gasteiger partial charge in [0.1, 0.15) is 0 Å². The summed E-state index contributed by atoms with van der Waals surface area (Å²) in [4.78, 5) is 7.19. The number of nitrogens with zero attached hydrogens (tertiary/aromatic N) is 8. The maximum atomic E-state index is 14.3. The summed E-state index contributed by atoms with van der Waals surface area (Å²) in [5, 5.41) is 14.3. The molecule has 0 saturated carbocycles. The molecule has 1 saturated heterocycles. The van der Waals surface area contributed by atoms with E-state index in [2.05, 4.69) is 65.2 Å². The lowest BCUT2D eigenvalue weighted by Crippen LogP contribution is -2.41. The van der Waals surface area contributed by atoms with Crippen LogP contribution in [0.4, 0.5) is 52.7 Å². The highest BCUT2D eigenvalue weighted by Crippen LogP contribution is 2.37. The Balaban J connectivity index is 0.000000292. The molecule has 0 N–H and O–H groups in total. The highest BCUT2D eigenvalue weighted by molar-refractivity contribution is 9.10. The minimum Gasteiger partial charge on any atom is -0.463 e. The van der Waals surface area contributed by atoms with E-state index in [0.29, 0.717) is 10.1 Å². The third-order valence-corrected chi connectivity index (χ3v) is 10.5. The van der Waals surface area contributed by atoms with Crippen LogP contribution in [0.1, 0.15) is 95.7 Å². The standard InChI is InChI=1S/C18H16F6N4O2.C14H18BF4NO3.C10H10BrF2N3O.2CH4/c1-9(2)30-18(23,24)16-27-26-14-5-4-11(8-28(14)16)12-6-13(19)15(25-7-12)29-10(3)17(20,21)22;1-8(14(17,18)19)21-11-10(16)6-9(7-20-11)15-22-12(2,3)13(4,5)23-15;1-6(2)17-10(12,13)9-15-14-8-4-3-7(11)5-16(8)9;;/h4-10H,1-3H3;6-8H,1-5H3;3-6H,1-2H3;2*1H4/t10-;8-;;;/m00.../s1. The van der Waals surface area contributed by atoms with E-state index in [9.17, 15) is 52.7 Å². The first-order valence-corrected chi connectivity index (χ1v) is 21.5. The van der Waals surface area contributed by atoms with Crippen molar-refractivity contribution in [1.29, 1.82) is 0 Å². The first-order chi connectivity index (χ1) is 32.1. The lowest BCUT2D eigenvalue weighted by molar-refractivity contribution is -0.272. The number of alkyl halides is 10. The van der Waals surface area contributed by atoms with Gasteiger partial charge in [0.05, 0.1) is 23.4 Å². The minimum absolute atomic E-state index is 0. The third-order valence-electron chi connectivity index (χ3n) is 10.1. The van der Waals surface area contributed by atoms with Crippen LogP contribution in [0, 0.1) is 11.6 Å². The van der Waals surface area contributed by atoms with Crippen molar-refractivity contribution in [3.05, 3.63) is 88.9 Å². The zero-order valence-electron chi connectivity index (χ0n) is 38.6. The van der Waals surface area contributed by atoms with Crippen LogP contribution in [0.5, 0.6) is 11.8 Å². The molecule has 28 heteroatoms. The molecule has 0 radical (unpaired) electrons. The SMILES string of the molecule is C.C.CC(C)OC(F)(F)c1nnc2ccc(-c3cnc(O[C@@H](C)C(F)(F)F)c(F)c3)cn12.CC(C)OC(F)(F)c1nnc2ccc(Br)cn12.C[C@H](Oc1ncc(B2OC(C)(C)C(C)(C)O2)cc1F)C(F)(F)F. The van der Waals surface area contributed by atoms with Gasteiger partial charge in [0.25, 0.3) is 11.8 Å². The second-order valence-corrected chi connectivity index (χ2v) is 17.8. The molecule has 6 aromatic rings. The summed E-state index contributed by atoms with van der Waals surface area (Å²) in [6.07, 6.45) is -17.4. The molecular weight excluding hydrogens is 1060 g/mol. The van der Waals surface area contributed by atoms with Crippen LogP contribution in [0.25, 0.3) is 22.4 Å². The number of rotatable bonds is 12. The summed E-state index contributed by atoms with van der Waals surface area (Å²) in [5.74, 6) is -4.99. The fourth-order valence-corrected chi connectivity index (χ4v) is 6.13. The van der Waals surface area contributed by atoms with Gasteiger partial charge in [-0.05, 0) is 122 Å². The van der Waals surface area contributed by atoms with E-state index < -0.39 is 102 Å². The average molecular weight is 1110 g/mol. The van der Waals surface area contributed by atoms with Gasteiger partial charge in [-0.15, -0.1) is 20.4 Å². The minimum atomic E-state index is -4.69. The quantitative estimate of drug-likeness (QED) is 0.0850. The number of hydrogen-bond donors (Lipinski definition) is 0. The van der Waals surface area contributed by atoms with Gasteiger partial charge in [-0.1, -0.05) is 14.9 Å². The maximum Gasteiger partial charge on any atom is 0.496 e. The fourth-order valence-electron chi connectivity index (χ4n) is 5.79. The topological polar surface area (TPSA) is 142 Å². The molecule has 0 spiro atoms. The van der Waals surface area contributed by atoms with Crippen molar-refractivity contribution in [3.63, 3.8) is 0 Å². The Morgan fingerprint density at radius 3 is 1.42 bits per heavy atom. The second kappa shape index (κ2) is 22.8. The summed E-state index contributed by atoms with van der Waals surface area (Å²) >= 11 is 3.21. The van der Waals surface area contributed by atoms with Crippen molar-refractivity contribution in [2.45, 2.75) is 144 Å². The normalized spacial score (nSPS) is 15.5. The van der Waals surface area contributed by atoms with Gasteiger partial charge >= 0.3 is 31.7 Å². The zero-order valence-corrected chi connectivity index (χ0v) is 40.2. The van der Waals surface area contributed by atoms with Gasteiger partial charge in [0, 0.05) is 45.8 Å². The van der Waals surface area contributed by atoms with Crippen molar-refractivity contribution in [3.8, 4) is 22.9 Å². The molecule has 0 aliphatic carbocycles. The largest absolute Gasteiger partial charge is 0.496 e. The van der Waals surface area contributed by atoms with Crippen molar-refractivity contribution in [2.75, 3.05) is 0 Å². The molecule has 0 bridgehead atoms. The van der Waals surface area contributed by atoms with Gasteiger partial charge in [-0.3, -0.25) is 8.80 Å². The Bertz CT molecular complexity index is 2740. The molecule has 1 aliphatic heterocycles. The molecule has 0 aromatic carbocycles. The predicted octanol–water partition coefficient (Wildman–Crippen LogP) is 11.8. The first kappa shape index (κ1) is 61.0. The zero-order chi connectivity index (χ0) is 52.5. The van der Waals surface area contributed by atoms with Crippen molar-refractivity contribution < 1.29 is 80.9 Å². The van der Waals surface area contributed by atoms with Crippen molar-refractivity contribution in [1.82, 2.24) is 39.2 Å². The number of pyridine rings is 4. The molecule has 7 rings (SSSR count). The number of aromatic nitrogens is 8. The van der Waals surface area contributed by atoms with Crippen LogP contribution in [-0.2, 0) is 31.0 Å². The number of halogens is 13. The fraction of sp³-hybridized carbons (Fsp3) is 0.500. The van der Waals surface area contributed by atoms with E-state index in [1.54, 1.807) is 12.1 Å². The summed E-state index contributed by atoms with van der Waals surface area (Å²) in [6.45, 7) is 14.8. The second-order valence-electron chi connectivity index (χ2n) is 16.9. The van der Waals surface area contributed by atoms with Crippen molar-refractivity contribution >= 4 is 39.8 Å². The highest BCUT2D eigenvalue weighted by Gasteiger charge is 2.52. The Morgan fingerprint density at radius 1 is 0.583 bits per heavy atom. The maximum absolute atomic E-state index is 14.3. The number of fused-ring (bicyclic) bond motifs is 2. The average Bonchev–Trinajstić information content (AvgIpc) is 3.91. The lowest BCUT2D eigenvalue weighted by Gasteiger charge is -2.32. The van der Waals surface area contributed by atoms with Crippen LogP contribution in [0.15, 0.2) is 65.7 Å². The third kappa shape index (κ3) is 14.7. The summed E-state index contributed by atoms with van der Waals surface area (Å²) in [6, 6.07) is 8.00. The highest BCUT2D eigenvalue weighted by atomic mass is 79.9. The van der Waals surface area contributed by atoms with Gasteiger partial charge in [-0.25, -0.2) is 18.7 Å². The molecule has 0 amide bonds. The summed E-state index contributed by atoms with van der Waals surface area (Å²) in [7, 11) is -0.851. The Kier molecular flexibility index (Phi) is 19.4. The molecule has 1 aliphatic rings. The van der Waals surface area contributed by atoms with E-state index in [1.807, 2.05) is 27.7 Å². The smallest absolute Gasteiger partial charge is 0.463 e. The van der Waals surface area contributed by atoms with E-state index in [1.165, 1.54) is 62.8 Å². The monoisotopic (exact) mass is 1110 g/mol. The molecule has 1 fully saturated rings.